The van der Waals surface area contributed by atoms with E-state index >= 15 is 0 Å². The Labute approximate surface area is 113 Å². The fourth-order valence-electron chi connectivity index (χ4n) is 1.28. The highest BCUT2D eigenvalue weighted by atomic mass is 79.9. The molecule has 0 atom stereocenters. The molecule has 1 amide bonds. The highest BCUT2D eigenvalue weighted by Gasteiger charge is 2.08. The minimum atomic E-state index is -0.433. The number of rotatable bonds is 5. The van der Waals surface area contributed by atoms with Gasteiger partial charge in [-0.15, -0.1) is 0 Å². The van der Waals surface area contributed by atoms with Gasteiger partial charge in [0, 0.05) is 17.4 Å². The molecular weight excluding hydrogens is 305 g/mol. The molecule has 98 valence electrons. The minimum absolute atomic E-state index is 0.0344. The number of nitrogens with one attached hydrogen (secondary N) is 1. The first kappa shape index (κ1) is 14.6. The van der Waals surface area contributed by atoms with E-state index < -0.39 is 5.97 Å². The molecular formula is C12H13BrFNO3. The molecule has 0 unspecified atom stereocenters. The number of carbonyl (C=O) groups excluding carboxylic acids is 2. The highest BCUT2D eigenvalue weighted by molar-refractivity contribution is 9.10. The molecule has 1 aromatic rings. The van der Waals surface area contributed by atoms with Crippen LogP contribution in [0.3, 0.4) is 0 Å². The van der Waals surface area contributed by atoms with Gasteiger partial charge in [0.05, 0.1) is 13.5 Å². The van der Waals surface area contributed by atoms with Crippen molar-refractivity contribution in [2.45, 2.75) is 19.4 Å². The van der Waals surface area contributed by atoms with E-state index in [1.807, 2.05) is 0 Å². The van der Waals surface area contributed by atoms with Crippen molar-refractivity contribution in [1.29, 1.82) is 0 Å². The van der Waals surface area contributed by atoms with E-state index in [1.54, 1.807) is 6.07 Å². The summed E-state index contributed by atoms with van der Waals surface area (Å²) in [4.78, 5) is 22.2. The fourth-order valence-corrected chi connectivity index (χ4v) is 1.67. The molecule has 0 aliphatic heterocycles. The van der Waals surface area contributed by atoms with Crippen molar-refractivity contribution in [3.8, 4) is 0 Å². The second kappa shape index (κ2) is 7.10. The van der Waals surface area contributed by atoms with Crippen molar-refractivity contribution < 1.29 is 18.7 Å². The zero-order valence-electron chi connectivity index (χ0n) is 9.83. The van der Waals surface area contributed by atoms with Gasteiger partial charge >= 0.3 is 5.97 Å². The summed E-state index contributed by atoms with van der Waals surface area (Å²) >= 11 is 3.26. The van der Waals surface area contributed by atoms with E-state index in [-0.39, 0.29) is 31.1 Å². The molecule has 0 aliphatic carbocycles. The van der Waals surface area contributed by atoms with Gasteiger partial charge in [-0.2, -0.15) is 0 Å². The van der Waals surface area contributed by atoms with Crippen LogP contribution in [0.4, 0.5) is 4.39 Å². The average molecular weight is 318 g/mol. The van der Waals surface area contributed by atoms with Gasteiger partial charge in [0.2, 0.25) is 5.91 Å². The summed E-state index contributed by atoms with van der Waals surface area (Å²) in [6.07, 6.45) is 0.0895. The first-order valence-electron chi connectivity index (χ1n) is 5.30. The van der Waals surface area contributed by atoms with Gasteiger partial charge < -0.3 is 10.1 Å². The summed E-state index contributed by atoms with van der Waals surface area (Å²) in [7, 11) is 1.27. The lowest BCUT2D eigenvalue weighted by Crippen LogP contribution is -2.23. The van der Waals surface area contributed by atoms with Crippen LogP contribution in [0.2, 0.25) is 0 Å². The third-order valence-corrected chi connectivity index (χ3v) is 3.04. The second-order valence-corrected chi connectivity index (χ2v) is 4.44. The summed E-state index contributed by atoms with van der Waals surface area (Å²) < 4.78 is 18.1. The minimum Gasteiger partial charge on any atom is -0.469 e. The number of carbonyl (C=O) groups is 2. The Balaban J connectivity index is 2.42. The summed E-state index contributed by atoms with van der Waals surface area (Å²) in [5.41, 5.74) is 0.640. The van der Waals surface area contributed by atoms with Crippen LogP contribution in [0.1, 0.15) is 18.4 Å². The summed E-state index contributed by atoms with van der Waals surface area (Å²) in [5, 5.41) is 2.60. The van der Waals surface area contributed by atoms with Gasteiger partial charge in [-0.1, -0.05) is 15.9 Å². The molecule has 0 radical (unpaired) electrons. The topological polar surface area (TPSA) is 55.4 Å². The van der Waals surface area contributed by atoms with Crippen LogP contribution in [0, 0.1) is 5.82 Å². The maximum atomic E-state index is 13.0. The lowest BCUT2D eigenvalue weighted by atomic mass is 10.2. The van der Waals surface area contributed by atoms with Crippen molar-refractivity contribution >= 4 is 27.8 Å². The predicted molar refractivity (Wildman–Crippen MR) is 67.2 cm³/mol. The van der Waals surface area contributed by atoms with E-state index in [2.05, 4.69) is 26.0 Å². The normalized spacial score (nSPS) is 9.94. The summed E-state index contributed by atoms with van der Waals surface area (Å²) in [6, 6.07) is 4.24. The molecule has 0 saturated heterocycles. The number of amides is 1. The second-order valence-electron chi connectivity index (χ2n) is 3.59. The zero-order chi connectivity index (χ0) is 13.5. The molecule has 1 N–H and O–H groups in total. The Bertz CT molecular complexity index is 451. The molecule has 0 spiro atoms. The first-order valence-corrected chi connectivity index (χ1v) is 6.09. The van der Waals surface area contributed by atoms with Gasteiger partial charge in [0.25, 0.3) is 0 Å². The monoisotopic (exact) mass is 317 g/mol. The van der Waals surface area contributed by atoms with Crippen molar-refractivity contribution in [3.63, 3.8) is 0 Å². The van der Waals surface area contributed by atoms with Crippen molar-refractivity contribution in [2.75, 3.05) is 7.11 Å². The maximum Gasteiger partial charge on any atom is 0.306 e. The van der Waals surface area contributed by atoms with Crippen molar-refractivity contribution in [1.82, 2.24) is 5.32 Å². The number of hydrogen-bond donors (Lipinski definition) is 1. The number of benzene rings is 1. The van der Waals surface area contributed by atoms with Crippen LogP contribution in [-0.4, -0.2) is 19.0 Å². The smallest absolute Gasteiger partial charge is 0.306 e. The maximum absolute atomic E-state index is 13.0. The molecule has 6 heteroatoms. The summed E-state index contributed by atoms with van der Waals surface area (Å²) in [6.45, 7) is 0.207. The van der Waals surface area contributed by atoms with Crippen LogP contribution in [-0.2, 0) is 20.9 Å². The molecule has 0 aromatic heterocycles. The van der Waals surface area contributed by atoms with Crippen LogP contribution >= 0.6 is 15.9 Å². The molecule has 0 aliphatic rings. The number of esters is 1. The number of halogens is 2. The quantitative estimate of drug-likeness (QED) is 0.847. The van der Waals surface area contributed by atoms with Gasteiger partial charge in [-0.3, -0.25) is 9.59 Å². The van der Waals surface area contributed by atoms with Crippen LogP contribution in [0.15, 0.2) is 22.7 Å². The Morgan fingerprint density at radius 3 is 2.78 bits per heavy atom. The SMILES string of the molecule is COC(=O)CCC(=O)NCc1cc(F)ccc1Br. The zero-order valence-corrected chi connectivity index (χ0v) is 11.4. The van der Waals surface area contributed by atoms with Crippen LogP contribution in [0.5, 0.6) is 0 Å². The van der Waals surface area contributed by atoms with E-state index in [1.165, 1.54) is 19.2 Å². The standard InChI is InChI=1S/C12H13BrFNO3/c1-18-12(17)5-4-11(16)15-7-8-6-9(14)2-3-10(8)13/h2-3,6H,4-5,7H2,1H3,(H,15,16). The first-order chi connectivity index (χ1) is 8.52. The highest BCUT2D eigenvalue weighted by Crippen LogP contribution is 2.17. The van der Waals surface area contributed by atoms with Crippen molar-refractivity contribution in [2.24, 2.45) is 0 Å². The van der Waals surface area contributed by atoms with Gasteiger partial charge in [-0.05, 0) is 23.8 Å². The Kier molecular flexibility index (Phi) is 5.77. The van der Waals surface area contributed by atoms with Gasteiger partial charge in [0.15, 0.2) is 0 Å². The average Bonchev–Trinajstić information content (AvgIpc) is 2.36. The molecule has 1 rings (SSSR count). The molecule has 18 heavy (non-hydrogen) atoms. The van der Waals surface area contributed by atoms with Gasteiger partial charge in [0.1, 0.15) is 5.82 Å². The third kappa shape index (κ3) is 4.83. The Hall–Kier alpha value is -1.43. The fraction of sp³-hybridized carbons (Fsp3) is 0.333. The van der Waals surface area contributed by atoms with Crippen LogP contribution < -0.4 is 5.32 Å². The Morgan fingerprint density at radius 2 is 2.11 bits per heavy atom. The lowest BCUT2D eigenvalue weighted by Gasteiger charge is -2.07. The number of hydrogen-bond acceptors (Lipinski definition) is 3. The third-order valence-electron chi connectivity index (χ3n) is 2.27. The Morgan fingerprint density at radius 1 is 1.39 bits per heavy atom. The molecule has 4 nitrogen and oxygen atoms in total. The predicted octanol–water partition coefficient (Wildman–Crippen LogP) is 2.16. The van der Waals surface area contributed by atoms with E-state index in [4.69, 9.17) is 0 Å². The van der Waals surface area contributed by atoms with Crippen LogP contribution in [0.25, 0.3) is 0 Å². The van der Waals surface area contributed by atoms with E-state index in [0.717, 1.165) is 4.47 Å². The van der Waals surface area contributed by atoms with E-state index in [9.17, 15) is 14.0 Å². The lowest BCUT2D eigenvalue weighted by molar-refractivity contribution is -0.142. The molecule has 0 saturated carbocycles. The number of ether oxygens (including phenoxy) is 1. The van der Waals surface area contributed by atoms with E-state index in [0.29, 0.717) is 5.56 Å². The van der Waals surface area contributed by atoms with Gasteiger partial charge in [-0.25, -0.2) is 4.39 Å². The molecule has 0 heterocycles. The number of methoxy groups -OCH3 is 1. The molecule has 0 fully saturated rings. The van der Waals surface area contributed by atoms with Crippen molar-refractivity contribution in [3.05, 3.63) is 34.1 Å². The summed E-state index contributed by atoms with van der Waals surface area (Å²) in [5.74, 6) is -1.08. The largest absolute Gasteiger partial charge is 0.469 e. The molecule has 1 aromatic carbocycles. The molecule has 0 bridgehead atoms.